The smallest absolute Gasteiger partial charge is 0.133 e. The van der Waals surface area contributed by atoms with Crippen molar-refractivity contribution in [2.24, 2.45) is 121 Å². The summed E-state index contributed by atoms with van der Waals surface area (Å²) < 4.78 is 87.4. The molecule has 0 aliphatic heterocycles. The number of hydrogen-bond acceptors (Lipinski definition) is 6. The Balaban J connectivity index is 0.000000138. The molecule has 3 N–H and O–H groups in total. The molecule has 0 saturated heterocycles. The van der Waals surface area contributed by atoms with Crippen LogP contribution in [0.15, 0.2) is 0 Å². The molecule has 0 unspecified atom stereocenters. The van der Waals surface area contributed by atoms with Gasteiger partial charge in [0.2, 0.25) is 0 Å². The summed E-state index contributed by atoms with van der Waals surface area (Å²) in [6.45, 7) is 23.4. The molecule has 12 fully saturated rings. The molecule has 72 heavy (non-hydrogen) atoms. The molecule has 0 radical (unpaired) electrons. The molecule has 0 amide bonds. The number of carbonyl (C=O) groups excluding carboxylic acids is 3. The summed E-state index contributed by atoms with van der Waals surface area (Å²) in [5.74, 6) is -1.18. The van der Waals surface area contributed by atoms with Gasteiger partial charge in [-0.25, -0.2) is 0 Å². The Hall–Kier alpha value is -1.11. The summed E-state index contributed by atoms with van der Waals surface area (Å²) in [6, 6.07) is 0. The van der Waals surface area contributed by atoms with Crippen LogP contribution in [-0.4, -0.2) is 49.5 Å². The molecule has 6 heteroatoms. The van der Waals surface area contributed by atoms with Crippen LogP contribution in [0.1, 0.15) is 270 Å². The summed E-state index contributed by atoms with van der Waals surface area (Å²) in [6.07, 6.45) is 12.6. The summed E-state index contributed by atoms with van der Waals surface area (Å²) in [7, 11) is 0. The van der Waals surface area contributed by atoms with Gasteiger partial charge in [0.05, 0.1) is 16.8 Å². The lowest BCUT2D eigenvalue weighted by atomic mass is 9.44. The van der Waals surface area contributed by atoms with E-state index in [1.54, 1.807) is 6.92 Å². The van der Waals surface area contributed by atoms with Crippen molar-refractivity contribution >= 4 is 17.3 Å². The third kappa shape index (κ3) is 8.71. The van der Waals surface area contributed by atoms with Gasteiger partial charge in [-0.1, -0.05) is 41.5 Å². The molecule has 12 aliphatic carbocycles. The Labute approximate surface area is 453 Å². The molecular formula is C66H108O6. The second-order valence-electron chi connectivity index (χ2n) is 30.4. The number of Topliss-reactive ketones (excluding diaryl/α,β-unsaturated/α-hetero) is 3. The first kappa shape index (κ1) is 42.9. The first-order valence-electron chi connectivity index (χ1n) is 35.0. The van der Waals surface area contributed by atoms with Crippen molar-refractivity contribution in [3.8, 4) is 0 Å². The quantitative estimate of drug-likeness (QED) is 0.260. The molecule has 12 aliphatic rings. The average Bonchev–Trinajstić information content (AvgIpc) is 1.51. The van der Waals surface area contributed by atoms with E-state index in [4.69, 9.17) is 13.7 Å². The van der Waals surface area contributed by atoms with E-state index in [0.29, 0.717) is 66.6 Å². The predicted molar refractivity (Wildman–Crippen MR) is 290 cm³/mol. The fraction of sp³-hybridized carbons (Fsp3) is 0.955. The zero-order chi connectivity index (χ0) is 61.0. The molecule has 24 atom stereocenters. The molecule has 0 aromatic rings. The van der Waals surface area contributed by atoms with Crippen molar-refractivity contribution in [3.05, 3.63) is 0 Å². The molecule has 408 valence electrons. The monoisotopic (exact) mass is 1010 g/mol. The van der Waals surface area contributed by atoms with Crippen LogP contribution in [0.25, 0.3) is 0 Å². The summed E-state index contributed by atoms with van der Waals surface area (Å²) in [5, 5.41) is 31.8. The molecule has 0 bridgehead atoms. The predicted octanol–water partition coefficient (Wildman–Crippen LogP) is 15.0. The minimum absolute atomic E-state index is 0.0127. The van der Waals surface area contributed by atoms with Gasteiger partial charge in [-0.15, -0.1) is 0 Å². The zero-order valence-electron chi connectivity index (χ0n) is 57.3. The van der Waals surface area contributed by atoms with Crippen LogP contribution in [0.2, 0.25) is 0 Å². The molecule has 0 aromatic carbocycles. The Bertz CT molecular complexity index is 2550. The van der Waals surface area contributed by atoms with Gasteiger partial charge in [0.15, 0.2) is 0 Å². The van der Waals surface area contributed by atoms with Crippen LogP contribution in [0.4, 0.5) is 0 Å². The highest BCUT2D eigenvalue weighted by atomic mass is 16.3. The van der Waals surface area contributed by atoms with Crippen LogP contribution >= 0.6 is 0 Å². The van der Waals surface area contributed by atoms with E-state index in [2.05, 4.69) is 27.7 Å². The Morgan fingerprint density at radius 3 is 1.10 bits per heavy atom. The van der Waals surface area contributed by atoms with Crippen LogP contribution in [0, 0.1) is 121 Å². The van der Waals surface area contributed by atoms with E-state index in [1.807, 2.05) is 34.6 Å². The SMILES string of the molecule is [2H]C1([2H])C[C@H]2[C@@H]3CC[C@H]4C[C@](C)(O)CC[C@]4(C)[C@H]3CC[C@]2(C)[C@@]1([2H])C(C)=O.[2H]C1([2H])C[C@H]2[C@@H]3CC[C@H]4C[C@](C)(O)CC[C@]4(C)[C@H]3CC[C@]2(C)[C@H]1C(C)=O.[2H]C1([2H])[C@H]2[C@@H]3CC[C@H]4C[C@](C)(O)CC[C@]4(C)[C@H]3CC[C@]2(C)[C@@]([2H])(C(C)=O)C1([2H])[2H]. The highest BCUT2D eigenvalue weighted by Crippen LogP contribution is 2.71. The first-order valence-corrected chi connectivity index (χ1v) is 30.0. The number of hydrogen-bond donors (Lipinski definition) is 3. The fourth-order valence-electron chi connectivity index (χ4n) is 22.0. The normalized spacial score (nSPS) is 63.8. The topological polar surface area (TPSA) is 112 Å². The average molecular weight is 1010 g/mol. The van der Waals surface area contributed by atoms with Crippen molar-refractivity contribution in [3.63, 3.8) is 0 Å². The second-order valence-corrected chi connectivity index (χ2v) is 30.4. The van der Waals surface area contributed by atoms with Crippen LogP contribution < -0.4 is 0 Å². The van der Waals surface area contributed by atoms with E-state index in [0.717, 1.165) is 128 Å². The van der Waals surface area contributed by atoms with Crippen molar-refractivity contribution in [2.75, 3.05) is 0 Å². The van der Waals surface area contributed by atoms with Gasteiger partial charge in [-0.2, -0.15) is 0 Å². The number of ketones is 3. The Morgan fingerprint density at radius 2 is 0.694 bits per heavy atom. The Morgan fingerprint density at radius 1 is 0.361 bits per heavy atom. The third-order valence-electron chi connectivity index (χ3n) is 26.2. The molecule has 6 nitrogen and oxygen atoms in total. The van der Waals surface area contributed by atoms with Gasteiger partial charge in [-0.05, 0) is 318 Å². The van der Waals surface area contributed by atoms with E-state index >= 15 is 0 Å². The summed E-state index contributed by atoms with van der Waals surface area (Å²) in [4.78, 5) is 37.5. The second kappa shape index (κ2) is 18.5. The number of carbonyl (C=O) groups is 3. The van der Waals surface area contributed by atoms with Crippen molar-refractivity contribution in [2.45, 2.75) is 273 Å². The Kier molecular flexibility index (Phi) is 11.0. The minimum Gasteiger partial charge on any atom is -0.390 e. The van der Waals surface area contributed by atoms with Crippen molar-refractivity contribution in [1.29, 1.82) is 0 Å². The van der Waals surface area contributed by atoms with E-state index in [9.17, 15) is 29.7 Å². The van der Waals surface area contributed by atoms with Gasteiger partial charge >= 0.3 is 0 Å². The van der Waals surface area contributed by atoms with Gasteiger partial charge < -0.3 is 15.3 Å². The maximum Gasteiger partial charge on any atom is 0.133 e. The lowest BCUT2D eigenvalue weighted by Crippen LogP contribution is -2.55. The van der Waals surface area contributed by atoms with Crippen molar-refractivity contribution < 1.29 is 43.4 Å². The van der Waals surface area contributed by atoms with Crippen LogP contribution in [0.3, 0.4) is 0 Å². The highest BCUT2D eigenvalue weighted by molar-refractivity contribution is 5.80. The van der Waals surface area contributed by atoms with E-state index in [-0.39, 0.29) is 51.0 Å². The number of fused-ring (bicyclic) bond motifs is 15. The van der Waals surface area contributed by atoms with Gasteiger partial charge in [0, 0.05) is 31.4 Å². The van der Waals surface area contributed by atoms with Crippen LogP contribution in [-0.2, 0) is 14.4 Å². The number of aliphatic hydroxyl groups is 3. The fourth-order valence-corrected chi connectivity index (χ4v) is 22.0. The molecule has 12 rings (SSSR count). The molecule has 12 saturated carbocycles. The lowest BCUT2D eigenvalue weighted by molar-refractivity contribution is -0.150. The molecular weight excluding hydrogens is 889 g/mol. The van der Waals surface area contributed by atoms with Gasteiger partial charge in [0.1, 0.15) is 17.3 Å². The molecule has 0 heterocycles. The van der Waals surface area contributed by atoms with Crippen molar-refractivity contribution in [1.82, 2.24) is 0 Å². The maximum absolute atomic E-state index is 12.6. The van der Waals surface area contributed by atoms with Crippen LogP contribution in [0.5, 0.6) is 0 Å². The first-order chi connectivity index (χ1) is 37.3. The summed E-state index contributed by atoms with van der Waals surface area (Å²) in [5.41, 5.74) is -2.91. The maximum atomic E-state index is 12.6. The van der Waals surface area contributed by atoms with E-state index < -0.39 is 82.5 Å². The molecule has 0 spiro atoms. The third-order valence-corrected chi connectivity index (χ3v) is 26.2. The molecule has 0 aromatic heterocycles. The zero-order valence-corrected chi connectivity index (χ0v) is 47.3. The van der Waals surface area contributed by atoms with E-state index in [1.165, 1.54) is 13.8 Å². The highest BCUT2D eigenvalue weighted by Gasteiger charge is 2.65. The van der Waals surface area contributed by atoms with Gasteiger partial charge in [0.25, 0.3) is 0 Å². The standard InChI is InChI=1S/3C22H36O2/c3*1-14(23)17-7-8-18-16-6-5-15-13-20(2,24)11-12-21(15,3)19(16)9-10-22(17,18)4/h3*15-19,24H,5-13H2,1-4H3/t3*15-,16-,17+,18-,19-,20+,21-,22+/m000/s1/i7D2,8D2,17D;7D2,17D;7D2. The number of rotatable bonds is 3. The largest absolute Gasteiger partial charge is 0.390 e. The summed E-state index contributed by atoms with van der Waals surface area (Å²) >= 11 is 0. The lowest BCUT2D eigenvalue weighted by Gasteiger charge is -2.61. The minimum atomic E-state index is -2.52. The van der Waals surface area contributed by atoms with Gasteiger partial charge in [-0.3, -0.25) is 14.4 Å².